The first-order valence-corrected chi connectivity index (χ1v) is 5.18. The second kappa shape index (κ2) is 3.88. The lowest BCUT2D eigenvalue weighted by Gasteiger charge is -2.07. The molecule has 0 fully saturated rings. The second-order valence-corrected chi connectivity index (χ2v) is 4.40. The van der Waals surface area contributed by atoms with Gasteiger partial charge in [0.1, 0.15) is 0 Å². The van der Waals surface area contributed by atoms with E-state index in [1.54, 1.807) is 0 Å². The molecule has 0 radical (unpaired) electrons. The van der Waals surface area contributed by atoms with Crippen molar-refractivity contribution in [1.82, 2.24) is 0 Å². The summed E-state index contributed by atoms with van der Waals surface area (Å²) in [6.07, 6.45) is 0. The van der Waals surface area contributed by atoms with Gasteiger partial charge in [-0.15, -0.1) is 0 Å². The minimum atomic E-state index is -3.90. The molecule has 1 aromatic rings. The van der Waals surface area contributed by atoms with Crippen molar-refractivity contribution in [2.45, 2.75) is 0 Å². The normalized spacial score (nSPS) is 14.7. The van der Waals surface area contributed by atoms with Gasteiger partial charge in [-0.3, -0.25) is 14.7 Å². The van der Waals surface area contributed by atoms with Crippen molar-refractivity contribution in [1.29, 1.82) is 0 Å². The molecule has 0 heterocycles. The summed E-state index contributed by atoms with van der Waals surface area (Å²) in [6.45, 7) is 0. The van der Waals surface area contributed by atoms with Gasteiger partial charge in [0, 0.05) is 19.2 Å². The van der Waals surface area contributed by atoms with Gasteiger partial charge < -0.3 is 9.42 Å². The number of nitro benzene ring substituents is 1. The first-order chi connectivity index (χ1) is 6.47. The van der Waals surface area contributed by atoms with Gasteiger partial charge in [-0.2, -0.15) is 0 Å². The molecule has 0 spiro atoms. The molecule has 0 aliphatic rings. The Balaban J connectivity index is 3.19. The minimum Gasteiger partial charge on any atom is -0.321 e. The second-order valence-electron chi connectivity index (χ2n) is 2.48. The average Bonchev–Trinajstić information content (AvgIpc) is 2.18. The van der Waals surface area contributed by atoms with Gasteiger partial charge in [0.2, 0.25) is 0 Å². The van der Waals surface area contributed by atoms with Crippen LogP contribution in [-0.4, -0.2) is 16.9 Å². The monoisotopic (exact) mass is 217 g/mol. The SMILES string of the molecule is COP(=O)(O)c1cccc([N+](=O)[O-])c1. The maximum Gasteiger partial charge on any atom is 0.358 e. The van der Waals surface area contributed by atoms with Crippen LogP contribution in [0.2, 0.25) is 0 Å². The number of rotatable bonds is 3. The predicted octanol–water partition coefficient (Wildman–Crippen LogP) is 1.05. The van der Waals surface area contributed by atoms with Gasteiger partial charge in [0.05, 0.1) is 10.2 Å². The fraction of sp³-hybridized carbons (Fsp3) is 0.143. The quantitative estimate of drug-likeness (QED) is 0.464. The van der Waals surface area contributed by atoms with E-state index in [9.17, 15) is 19.6 Å². The van der Waals surface area contributed by atoms with Crippen LogP contribution in [-0.2, 0) is 9.09 Å². The van der Waals surface area contributed by atoms with Crippen LogP contribution in [0, 0.1) is 10.1 Å². The lowest BCUT2D eigenvalue weighted by atomic mass is 10.3. The van der Waals surface area contributed by atoms with Crippen molar-refractivity contribution in [3.63, 3.8) is 0 Å². The molecule has 0 saturated carbocycles. The van der Waals surface area contributed by atoms with Crippen molar-refractivity contribution in [2.75, 3.05) is 7.11 Å². The van der Waals surface area contributed by atoms with Crippen molar-refractivity contribution in [2.24, 2.45) is 0 Å². The van der Waals surface area contributed by atoms with E-state index in [-0.39, 0.29) is 11.0 Å². The number of benzene rings is 1. The molecule has 14 heavy (non-hydrogen) atoms. The van der Waals surface area contributed by atoms with Crippen LogP contribution in [0.5, 0.6) is 0 Å². The summed E-state index contributed by atoms with van der Waals surface area (Å²) in [5.41, 5.74) is -0.242. The summed E-state index contributed by atoms with van der Waals surface area (Å²) in [4.78, 5) is 18.9. The Hall–Kier alpha value is -1.23. The maximum absolute atomic E-state index is 11.3. The standard InChI is InChI=1S/C7H8NO5P/c1-13-14(11,12)7-4-2-3-6(5-7)8(9)10/h2-5H,1H3,(H,11,12). The summed E-state index contributed by atoms with van der Waals surface area (Å²) in [5, 5.41) is 10.3. The van der Waals surface area contributed by atoms with Gasteiger partial charge in [0.25, 0.3) is 5.69 Å². The first kappa shape index (κ1) is 10.8. The third-order valence-corrected chi connectivity index (χ3v) is 3.04. The summed E-state index contributed by atoms with van der Waals surface area (Å²) < 4.78 is 15.6. The fourth-order valence-electron chi connectivity index (χ4n) is 0.888. The molecule has 0 amide bonds. The molecule has 0 aromatic heterocycles. The van der Waals surface area contributed by atoms with E-state index in [0.717, 1.165) is 13.2 Å². The lowest BCUT2D eigenvalue weighted by molar-refractivity contribution is -0.384. The van der Waals surface area contributed by atoms with Crippen LogP contribution in [0.4, 0.5) is 5.69 Å². The van der Waals surface area contributed by atoms with E-state index in [2.05, 4.69) is 4.52 Å². The zero-order valence-electron chi connectivity index (χ0n) is 7.28. The first-order valence-electron chi connectivity index (χ1n) is 3.61. The van der Waals surface area contributed by atoms with E-state index in [1.807, 2.05) is 0 Å². The van der Waals surface area contributed by atoms with E-state index in [4.69, 9.17) is 0 Å². The van der Waals surface area contributed by atoms with Crippen LogP contribution in [0.15, 0.2) is 24.3 Å². The Kier molecular flexibility index (Phi) is 3.00. The molecule has 1 atom stereocenters. The van der Waals surface area contributed by atoms with Crippen LogP contribution in [0.3, 0.4) is 0 Å². The molecule has 1 aromatic carbocycles. The summed E-state index contributed by atoms with van der Waals surface area (Å²) >= 11 is 0. The molecule has 0 saturated heterocycles. The van der Waals surface area contributed by atoms with Gasteiger partial charge in [0.15, 0.2) is 0 Å². The van der Waals surface area contributed by atoms with Crippen LogP contribution >= 0.6 is 7.60 Å². The lowest BCUT2D eigenvalue weighted by Crippen LogP contribution is -2.06. The smallest absolute Gasteiger partial charge is 0.321 e. The topological polar surface area (TPSA) is 89.7 Å². The highest BCUT2D eigenvalue weighted by atomic mass is 31.2. The molecule has 1 rings (SSSR count). The molecule has 0 bridgehead atoms. The van der Waals surface area contributed by atoms with Crippen molar-refractivity contribution in [3.05, 3.63) is 34.4 Å². The third-order valence-electron chi connectivity index (χ3n) is 1.61. The van der Waals surface area contributed by atoms with E-state index < -0.39 is 12.5 Å². The average molecular weight is 217 g/mol. The molecular weight excluding hydrogens is 209 g/mol. The summed E-state index contributed by atoms with van der Waals surface area (Å²) in [7, 11) is -2.83. The molecule has 6 nitrogen and oxygen atoms in total. The molecule has 7 heteroatoms. The van der Waals surface area contributed by atoms with Crippen LogP contribution in [0.25, 0.3) is 0 Å². The molecule has 0 aliphatic heterocycles. The Morgan fingerprint density at radius 3 is 2.71 bits per heavy atom. The van der Waals surface area contributed by atoms with E-state index in [0.29, 0.717) is 0 Å². The number of nitro groups is 1. The minimum absolute atomic E-state index is 0.0887. The van der Waals surface area contributed by atoms with Gasteiger partial charge in [-0.05, 0) is 6.07 Å². The number of nitrogens with zero attached hydrogens (tertiary/aromatic N) is 1. The largest absolute Gasteiger partial charge is 0.358 e. The highest BCUT2D eigenvalue weighted by molar-refractivity contribution is 7.61. The molecule has 0 aliphatic carbocycles. The van der Waals surface area contributed by atoms with Gasteiger partial charge in [-0.1, -0.05) is 6.07 Å². The van der Waals surface area contributed by atoms with Crippen LogP contribution < -0.4 is 5.30 Å². The molecule has 1 unspecified atom stereocenters. The van der Waals surface area contributed by atoms with Crippen molar-refractivity contribution < 1.29 is 18.9 Å². The van der Waals surface area contributed by atoms with E-state index >= 15 is 0 Å². The predicted molar refractivity (Wildman–Crippen MR) is 49.6 cm³/mol. The number of non-ortho nitro benzene ring substituents is 1. The molecule has 1 N–H and O–H groups in total. The molecule has 76 valence electrons. The third kappa shape index (κ3) is 2.17. The zero-order chi connectivity index (χ0) is 10.8. The van der Waals surface area contributed by atoms with Gasteiger partial charge in [-0.25, -0.2) is 0 Å². The highest BCUT2D eigenvalue weighted by Gasteiger charge is 2.22. The zero-order valence-corrected chi connectivity index (χ0v) is 8.18. The van der Waals surface area contributed by atoms with Crippen LogP contribution in [0.1, 0.15) is 0 Å². The molecular formula is C7H8NO5P. The summed E-state index contributed by atoms with van der Waals surface area (Å²) in [5.74, 6) is 0. The Morgan fingerprint density at radius 1 is 1.57 bits per heavy atom. The Morgan fingerprint density at radius 2 is 2.21 bits per heavy atom. The van der Waals surface area contributed by atoms with Crippen molar-refractivity contribution in [3.8, 4) is 0 Å². The van der Waals surface area contributed by atoms with E-state index in [1.165, 1.54) is 18.2 Å². The summed E-state index contributed by atoms with van der Waals surface area (Å²) in [6, 6.07) is 4.88. The Labute approximate surface area is 79.8 Å². The Bertz CT molecular complexity index is 405. The van der Waals surface area contributed by atoms with Crippen molar-refractivity contribution >= 4 is 18.6 Å². The highest BCUT2D eigenvalue weighted by Crippen LogP contribution is 2.39. The fourth-order valence-corrected chi connectivity index (χ4v) is 1.67. The number of hydrogen-bond acceptors (Lipinski definition) is 4. The maximum atomic E-state index is 11.3. The number of hydrogen-bond donors (Lipinski definition) is 1. The van der Waals surface area contributed by atoms with Gasteiger partial charge >= 0.3 is 7.60 Å².